The number of rotatable bonds is 56. The van der Waals surface area contributed by atoms with Crippen LogP contribution >= 0.6 is 0 Å². The van der Waals surface area contributed by atoms with Crippen LogP contribution in [-0.2, 0) is 90.4 Å². The first-order valence-electron chi connectivity index (χ1n) is 32.9. The average Bonchev–Trinajstić information content (AvgIpc) is 1.64. The number of carbonyl (C=O) groups excluding carboxylic acids is 5. The molecule has 3 amide bonds. The Labute approximate surface area is 543 Å². The number of nitrogens with zero attached hydrogens (tertiary/aromatic N) is 3. The van der Waals surface area contributed by atoms with E-state index in [0.717, 1.165) is 6.42 Å². The fourth-order valence-corrected chi connectivity index (χ4v) is 11.6. The zero-order chi connectivity index (χ0) is 68.1. The predicted octanol–water partition coefficient (Wildman–Crippen LogP) is 1.77. The van der Waals surface area contributed by atoms with Crippen molar-refractivity contribution in [3.05, 3.63) is 0 Å². The number of carbonyl (C=O) groups is 7. The lowest BCUT2D eigenvalue weighted by Gasteiger charge is -2.36. The molecule has 2 rings (SSSR count). The van der Waals surface area contributed by atoms with Gasteiger partial charge < -0.3 is 106 Å². The van der Waals surface area contributed by atoms with Crippen molar-refractivity contribution in [3.63, 3.8) is 0 Å². The van der Waals surface area contributed by atoms with Crippen LogP contribution in [0, 0.1) is 35.5 Å². The zero-order valence-corrected chi connectivity index (χ0v) is 55.8. The molecule has 0 bridgehead atoms. The Morgan fingerprint density at radius 2 is 0.750 bits per heavy atom. The largest absolute Gasteiger partial charge is 0.481 e. The van der Waals surface area contributed by atoms with E-state index in [-0.39, 0.29) is 173 Å². The molecule has 92 heavy (non-hydrogen) atoms. The van der Waals surface area contributed by atoms with E-state index in [2.05, 4.69) is 20.6 Å². The maximum atomic E-state index is 13.3. The summed E-state index contributed by atoms with van der Waals surface area (Å²) in [7, 11) is 0. The third-order valence-electron chi connectivity index (χ3n) is 16.0. The minimum absolute atomic E-state index is 0.0336. The van der Waals surface area contributed by atoms with Crippen molar-refractivity contribution < 1.29 is 101 Å². The number of ether oxygens (including phenoxy) is 12. The van der Waals surface area contributed by atoms with Crippen LogP contribution in [-0.4, -0.2) is 250 Å². The van der Waals surface area contributed by atoms with E-state index in [1.165, 1.54) is 13.8 Å². The molecule has 0 unspecified atom stereocenters. The van der Waals surface area contributed by atoms with Gasteiger partial charge in [-0.1, -0.05) is 60.3 Å². The molecule has 532 valence electrons. The van der Waals surface area contributed by atoms with E-state index in [9.17, 15) is 43.8 Å². The predicted molar refractivity (Wildman–Crippen MR) is 339 cm³/mol. The Kier molecular flexibility index (Phi) is 44.8. The highest BCUT2D eigenvalue weighted by molar-refractivity contribution is 5.79. The summed E-state index contributed by atoms with van der Waals surface area (Å²) in [5, 5.41) is 26.3. The molecule has 0 aromatic rings. The molecule has 0 heterocycles. The van der Waals surface area contributed by atoms with E-state index >= 15 is 0 Å². The lowest BCUT2D eigenvalue weighted by molar-refractivity contribution is -0.162. The number of aliphatic imine (C=N–C) groups is 2. The smallest absolute Gasteiger partial charge is 0.310 e. The van der Waals surface area contributed by atoms with Crippen molar-refractivity contribution in [2.75, 3.05) is 145 Å². The fraction of sp³-hybridized carbons (Fsp3) is 0.855. The average molecular weight is 1320 g/mol. The molecule has 2 aliphatic rings. The number of hydrogen-bond acceptors (Lipinski definition) is 21. The number of nitrogens with two attached hydrogens (primary N) is 4. The molecule has 30 nitrogen and oxygen atoms in total. The van der Waals surface area contributed by atoms with Gasteiger partial charge in [-0.2, -0.15) is 0 Å². The van der Waals surface area contributed by atoms with E-state index in [4.69, 9.17) is 79.8 Å². The molecule has 0 aliphatic heterocycles. The Morgan fingerprint density at radius 1 is 0.446 bits per heavy atom. The third-order valence-corrected chi connectivity index (χ3v) is 16.0. The molecule has 0 spiro atoms. The quantitative estimate of drug-likeness (QED) is 0.0186. The summed E-state index contributed by atoms with van der Waals surface area (Å²) in [5.74, 6) is -8.33. The first kappa shape index (κ1) is 82.5. The lowest BCUT2D eigenvalue weighted by atomic mass is 9.80. The Morgan fingerprint density at radius 3 is 1.04 bits per heavy atom. The van der Waals surface area contributed by atoms with Crippen molar-refractivity contribution >= 4 is 53.5 Å². The molecule has 30 heteroatoms. The van der Waals surface area contributed by atoms with Crippen molar-refractivity contribution in [2.45, 2.75) is 162 Å². The van der Waals surface area contributed by atoms with E-state index in [1.807, 2.05) is 34.6 Å². The number of amides is 3. The first-order chi connectivity index (χ1) is 44.2. The van der Waals surface area contributed by atoms with Gasteiger partial charge >= 0.3 is 23.9 Å². The SMILES string of the molecule is CCCOCCOCCOCCOCCC(=O)N(CCOCCOCCOCCCC(=O)O[C@@H]1[C@@H]([C@H](NC(C)=O)C(CC)CC)[C@H](N=C(N)N)C[C@@H]1C(=O)O)CCOCCOCCOCCCC(=O)O[C@H]1[C@@H]([C@H](NC(C)=O)C(CC)CC)[C@H](N=C(N)N)C[C@@H]1C(=O)O. The summed E-state index contributed by atoms with van der Waals surface area (Å²) in [6, 6.07) is -2.46. The van der Waals surface area contributed by atoms with Gasteiger partial charge in [-0.15, -0.1) is 0 Å². The number of guanidine groups is 2. The number of esters is 2. The van der Waals surface area contributed by atoms with Gasteiger partial charge in [-0.05, 0) is 43.9 Å². The summed E-state index contributed by atoms with van der Waals surface area (Å²) in [6.45, 7) is 19.6. The molecule has 0 saturated heterocycles. The maximum absolute atomic E-state index is 13.3. The molecular weight excluding hydrogens is 1210 g/mol. The van der Waals surface area contributed by atoms with Crippen molar-refractivity contribution in [3.8, 4) is 0 Å². The normalized spacial score (nSPS) is 20.1. The highest BCUT2D eigenvalue weighted by atomic mass is 16.6. The number of carboxylic acids is 2. The van der Waals surface area contributed by atoms with Gasteiger partial charge in [0.15, 0.2) is 11.9 Å². The van der Waals surface area contributed by atoms with Gasteiger partial charge in [0.1, 0.15) is 12.2 Å². The minimum Gasteiger partial charge on any atom is -0.481 e. The Bertz CT molecular complexity index is 2010. The van der Waals surface area contributed by atoms with Crippen molar-refractivity contribution in [2.24, 2.45) is 68.4 Å². The van der Waals surface area contributed by atoms with Crippen LogP contribution in [0.4, 0.5) is 0 Å². The Hall–Kier alpha value is -5.57. The summed E-state index contributed by atoms with van der Waals surface area (Å²) in [6.07, 6.45) is 2.25. The van der Waals surface area contributed by atoms with Crippen LogP contribution in [0.5, 0.6) is 0 Å². The fourth-order valence-electron chi connectivity index (χ4n) is 11.6. The number of nitrogens with one attached hydrogen (secondary N) is 2. The van der Waals surface area contributed by atoms with Crippen molar-refractivity contribution in [1.29, 1.82) is 0 Å². The summed E-state index contributed by atoms with van der Waals surface area (Å²) < 4.78 is 68.1. The van der Waals surface area contributed by atoms with Crippen molar-refractivity contribution in [1.82, 2.24) is 15.5 Å². The molecular formula is C62H113N9O21. The Balaban J connectivity index is 1.78. The van der Waals surface area contributed by atoms with Gasteiger partial charge in [0.25, 0.3) is 0 Å². The maximum Gasteiger partial charge on any atom is 0.310 e. The van der Waals surface area contributed by atoms with Crippen LogP contribution in [0.2, 0.25) is 0 Å². The zero-order valence-electron chi connectivity index (χ0n) is 55.8. The highest BCUT2D eigenvalue weighted by Gasteiger charge is 2.55. The second kappa shape index (κ2) is 49.9. The number of carboxylic acid groups (broad SMARTS) is 2. The third kappa shape index (κ3) is 34.0. The molecule has 0 aromatic carbocycles. The second-order valence-corrected chi connectivity index (χ2v) is 22.7. The van der Waals surface area contributed by atoms with Gasteiger partial charge in [0.05, 0.1) is 143 Å². The molecule has 2 aliphatic carbocycles. The molecule has 0 aromatic heterocycles. The summed E-state index contributed by atoms with van der Waals surface area (Å²) >= 11 is 0. The lowest BCUT2D eigenvalue weighted by Crippen LogP contribution is -2.51. The van der Waals surface area contributed by atoms with Crippen LogP contribution < -0.4 is 33.6 Å². The van der Waals surface area contributed by atoms with Crippen LogP contribution in [0.25, 0.3) is 0 Å². The number of aliphatic carboxylic acids is 2. The molecule has 0 radical (unpaired) electrons. The number of hydrogen-bond donors (Lipinski definition) is 8. The molecule has 12 N–H and O–H groups in total. The molecule has 2 saturated carbocycles. The summed E-state index contributed by atoms with van der Waals surface area (Å²) in [4.78, 5) is 99.6. The van der Waals surface area contributed by atoms with Gasteiger partial charge in [0.2, 0.25) is 17.7 Å². The van der Waals surface area contributed by atoms with Crippen LogP contribution in [0.1, 0.15) is 126 Å². The standard InChI is InChI=1S/C62H113N9O21/c1-8-20-81-26-32-87-38-39-90-35-29-84-23-17-50(74)71(18-24-85-30-36-88-33-27-82-21-13-15-51(75)91-57-46(59(77)78)40-48(69-61(63)64)53(57)55(67-42(6)72)44(9-2)10-3)19-25-86-31-37-89-34-28-83-22-14-16-52(76)92-58-47(60(79)80)41-49(70-62(65)66)54(58)56(68-43(7)73)45(11-4)12-5/h44-49,53-58H,8-41H2,1-7H3,(H,67,72)(H,68,73)(H,77,78)(H,79,80)(H4,63,64,69)(H4,65,66,70)/t46-,47-,48+,49+,53+,54+,55+,56+,57-,58+/m0/s1. The monoisotopic (exact) mass is 1320 g/mol. The van der Waals surface area contributed by atoms with Crippen LogP contribution in [0.3, 0.4) is 0 Å². The second-order valence-electron chi connectivity index (χ2n) is 22.7. The topological polar surface area (TPSA) is 427 Å². The first-order valence-corrected chi connectivity index (χ1v) is 32.9. The van der Waals surface area contributed by atoms with Gasteiger partial charge in [0, 0.05) is 83.5 Å². The van der Waals surface area contributed by atoms with Gasteiger partial charge in [-0.25, -0.2) is 9.98 Å². The summed E-state index contributed by atoms with van der Waals surface area (Å²) in [5.41, 5.74) is 23.0. The van der Waals surface area contributed by atoms with E-state index in [1.54, 1.807) is 4.90 Å². The van der Waals surface area contributed by atoms with E-state index in [0.29, 0.717) is 84.8 Å². The minimum atomic E-state index is -1.15. The van der Waals surface area contributed by atoms with Crippen LogP contribution in [0.15, 0.2) is 9.98 Å². The molecule has 2 fully saturated rings. The highest BCUT2D eigenvalue weighted by Crippen LogP contribution is 2.43. The van der Waals surface area contributed by atoms with E-state index < -0.39 is 83.9 Å². The van der Waals surface area contributed by atoms with Gasteiger partial charge in [-0.3, -0.25) is 33.6 Å². The molecule has 10 atom stereocenters.